The summed E-state index contributed by atoms with van der Waals surface area (Å²) in [5.74, 6) is -2.29. The second-order valence-corrected chi connectivity index (χ2v) is 23.7. The predicted molar refractivity (Wildman–Crippen MR) is 361 cm³/mol. The van der Waals surface area contributed by atoms with Gasteiger partial charge in [-0.3, -0.25) is 9.59 Å². The first kappa shape index (κ1) is 80.4. The van der Waals surface area contributed by atoms with Gasteiger partial charge in [-0.25, -0.2) is 0 Å². The van der Waals surface area contributed by atoms with E-state index in [-0.39, 0.29) is 38.6 Å². The van der Waals surface area contributed by atoms with Crippen molar-refractivity contribution < 1.29 is 42.9 Å². The van der Waals surface area contributed by atoms with Crippen molar-refractivity contribution in [1.82, 2.24) is 0 Å². The van der Waals surface area contributed by atoms with Crippen molar-refractivity contribution >= 4 is 17.9 Å². The van der Waals surface area contributed by atoms with Gasteiger partial charge in [0, 0.05) is 12.8 Å². The fraction of sp³-hybridized carbons (Fsp3) is 0.671. The van der Waals surface area contributed by atoms with Crippen molar-refractivity contribution in [2.75, 3.05) is 47.5 Å². The highest BCUT2D eigenvalue weighted by Gasteiger charge is 2.22. The van der Waals surface area contributed by atoms with Crippen LogP contribution in [-0.2, 0) is 33.3 Å². The number of allylic oxidation sites excluding steroid dienone is 22. The molecule has 2 atom stereocenters. The van der Waals surface area contributed by atoms with Crippen LogP contribution in [0.25, 0.3) is 0 Å². The first-order valence-corrected chi connectivity index (χ1v) is 34.3. The number of carbonyl (C=O) groups is 3. The molecule has 0 fully saturated rings. The number of rotatable bonds is 62. The van der Waals surface area contributed by atoms with Gasteiger partial charge in [0.2, 0.25) is 0 Å². The third-order valence-electron chi connectivity index (χ3n) is 14.4. The molecular formula is C76H127NO8. The molecule has 0 aliphatic heterocycles. The van der Waals surface area contributed by atoms with Crippen LogP contribution in [-0.4, -0.2) is 82.3 Å². The maximum absolute atomic E-state index is 12.9. The molecule has 0 amide bonds. The lowest BCUT2D eigenvalue weighted by Gasteiger charge is -2.26. The molecule has 0 aliphatic rings. The molecule has 85 heavy (non-hydrogen) atoms. The number of quaternary nitrogens is 1. The van der Waals surface area contributed by atoms with Gasteiger partial charge in [0.05, 0.1) is 40.3 Å². The van der Waals surface area contributed by atoms with Crippen molar-refractivity contribution in [1.29, 1.82) is 0 Å². The second kappa shape index (κ2) is 65.4. The highest BCUT2D eigenvalue weighted by molar-refractivity contribution is 5.70. The first-order valence-electron chi connectivity index (χ1n) is 34.3. The number of likely N-dealkylation sites (N-methyl/N-ethyl adjacent to an activating group) is 1. The normalized spacial score (nSPS) is 13.6. The molecule has 0 aromatic carbocycles. The van der Waals surface area contributed by atoms with Crippen molar-refractivity contribution in [3.63, 3.8) is 0 Å². The molecule has 0 saturated carbocycles. The highest BCUT2D eigenvalue weighted by Crippen LogP contribution is 2.17. The minimum Gasteiger partial charge on any atom is -0.545 e. The summed E-state index contributed by atoms with van der Waals surface area (Å²) in [5, 5.41) is 11.8. The van der Waals surface area contributed by atoms with Crippen molar-refractivity contribution in [3.8, 4) is 0 Å². The fourth-order valence-corrected chi connectivity index (χ4v) is 9.22. The Hall–Kier alpha value is -4.57. The molecule has 0 aromatic heterocycles. The summed E-state index contributed by atoms with van der Waals surface area (Å²) in [7, 11) is 5.92. The SMILES string of the molecule is CC/C=C\C/C=C\C/C=C\C/C=C\C/C=C\C/C=C\C/C=C\CCCCCCCCCCCCCCCC(=O)OC(COC(=O)CCCCCCCCCCCCCC/C=C\C/C=C\C/C=C\C/C=C\CC)COC(OCC[N+](C)(C)C)C(=O)[O-]. The number of nitrogens with zero attached hydrogens (tertiary/aromatic N) is 1. The molecule has 9 heteroatoms. The predicted octanol–water partition coefficient (Wildman–Crippen LogP) is 20.0. The maximum Gasteiger partial charge on any atom is 0.306 e. The van der Waals surface area contributed by atoms with Gasteiger partial charge >= 0.3 is 11.9 Å². The average molecular weight is 1180 g/mol. The highest BCUT2D eigenvalue weighted by atomic mass is 16.7. The molecule has 0 aromatic rings. The van der Waals surface area contributed by atoms with Crippen LogP contribution in [0.15, 0.2) is 134 Å². The van der Waals surface area contributed by atoms with Crippen LogP contribution in [0.1, 0.15) is 271 Å². The van der Waals surface area contributed by atoms with Crippen molar-refractivity contribution in [2.45, 2.75) is 283 Å². The van der Waals surface area contributed by atoms with Crippen LogP contribution >= 0.6 is 0 Å². The van der Waals surface area contributed by atoms with Crippen LogP contribution in [0.4, 0.5) is 0 Å². The Bertz CT molecular complexity index is 1860. The van der Waals surface area contributed by atoms with E-state index in [4.69, 9.17) is 18.9 Å². The lowest BCUT2D eigenvalue weighted by atomic mass is 10.0. The fourth-order valence-electron chi connectivity index (χ4n) is 9.22. The lowest BCUT2D eigenvalue weighted by Crippen LogP contribution is -2.44. The van der Waals surface area contributed by atoms with Gasteiger partial charge in [-0.05, 0) is 109 Å². The van der Waals surface area contributed by atoms with E-state index >= 15 is 0 Å². The molecule has 0 heterocycles. The minimum absolute atomic E-state index is 0.142. The third-order valence-corrected chi connectivity index (χ3v) is 14.4. The molecule has 0 bridgehead atoms. The van der Waals surface area contributed by atoms with E-state index in [1.165, 1.54) is 128 Å². The van der Waals surface area contributed by atoms with Gasteiger partial charge in [0.25, 0.3) is 0 Å². The summed E-state index contributed by atoms with van der Waals surface area (Å²) in [6.45, 7) is 4.53. The van der Waals surface area contributed by atoms with E-state index in [1.807, 2.05) is 21.1 Å². The summed E-state index contributed by atoms with van der Waals surface area (Å²) < 4.78 is 22.8. The van der Waals surface area contributed by atoms with Gasteiger partial charge in [0.15, 0.2) is 12.4 Å². The van der Waals surface area contributed by atoms with Gasteiger partial charge in [-0.15, -0.1) is 0 Å². The van der Waals surface area contributed by atoms with Gasteiger partial charge < -0.3 is 33.3 Å². The van der Waals surface area contributed by atoms with Crippen LogP contribution in [0.3, 0.4) is 0 Å². The van der Waals surface area contributed by atoms with Gasteiger partial charge in [-0.1, -0.05) is 282 Å². The van der Waals surface area contributed by atoms with Gasteiger partial charge in [0.1, 0.15) is 13.2 Å². The zero-order chi connectivity index (χ0) is 61.9. The van der Waals surface area contributed by atoms with Crippen LogP contribution < -0.4 is 5.11 Å². The van der Waals surface area contributed by atoms with Crippen molar-refractivity contribution in [2.24, 2.45) is 0 Å². The molecule has 0 saturated heterocycles. The quantitative estimate of drug-likeness (QED) is 0.0195. The Morgan fingerprint density at radius 3 is 0.941 bits per heavy atom. The van der Waals surface area contributed by atoms with Crippen LogP contribution in [0.5, 0.6) is 0 Å². The third kappa shape index (κ3) is 66.8. The molecule has 2 unspecified atom stereocenters. The number of aliphatic carboxylic acids is 1. The summed E-state index contributed by atoms with van der Waals surface area (Å²) >= 11 is 0. The molecular weight excluding hydrogens is 1050 g/mol. The minimum atomic E-state index is -1.63. The molecule has 0 radical (unpaired) electrons. The summed E-state index contributed by atoms with van der Waals surface area (Å²) in [4.78, 5) is 37.5. The summed E-state index contributed by atoms with van der Waals surface area (Å²) in [6, 6.07) is 0. The number of hydrogen-bond acceptors (Lipinski definition) is 8. The lowest BCUT2D eigenvalue weighted by molar-refractivity contribution is -0.870. The van der Waals surface area contributed by atoms with E-state index in [0.29, 0.717) is 17.4 Å². The Morgan fingerprint density at radius 1 is 0.353 bits per heavy atom. The van der Waals surface area contributed by atoms with Gasteiger partial charge in [-0.2, -0.15) is 0 Å². The van der Waals surface area contributed by atoms with E-state index < -0.39 is 24.3 Å². The largest absolute Gasteiger partial charge is 0.545 e. The molecule has 484 valence electrons. The number of unbranched alkanes of at least 4 members (excludes halogenated alkanes) is 25. The maximum atomic E-state index is 12.9. The average Bonchev–Trinajstić information content (AvgIpc) is 3.48. The zero-order valence-corrected chi connectivity index (χ0v) is 55.2. The molecule has 0 N–H and O–H groups in total. The van der Waals surface area contributed by atoms with E-state index in [0.717, 1.165) is 109 Å². The summed E-state index contributed by atoms with van der Waals surface area (Å²) in [5.41, 5.74) is 0. The number of hydrogen-bond donors (Lipinski definition) is 0. The number of carboxylic acids is 1. The monoisotopic (exact) mass is 1180 g/mol. The Labute approximate surface area is 522 Å². The summed E-state index contributed by atoms with van der Waals surface area (Å²) in [6.07, 6.45) is 90.9. The zero-order valence-electron chi connectivity index (χ0n) is 55.2. The molecule has 0 aliphatic carbocycles. The van der Waals surface area contributed by atoms with Crippen molar-refractivity contribution in [3.05, 3.63) is 134 Å². The van der Waals surface area contributed by atoms with E-state index in [2.05, 4.69) is 148 Å². The Morgan fingerprint density at radius 2 is 0.635 bits per heavy atom. The standard InChI is InChI=1S/C76H127NO8/c1-6-8-10-12-14-16-18-20-22-24-26-28-30-32-33-34-35-36-37-38-39-40-41-43-45-47-49-51-53-55-57-59-61-63-65-67-74(79)85-72(71-84-76(75(80)81)82-69-68-77(3,4)5)70-83-73(78)66-64-62-60-58-56-54-52-50-48-46-44-42-31-29-27-25-23-21-19-17-15-13-11-9-7-2/h8-11,14-17,20-23,26-29,32-33,35-36,38-39,72,76H,6-7,12-13,18-19,24-25,30-31,34,37,40-71H2,1-5H3/b10-8-,11-9-,16-14-,17-15-,22-20-,23-21-,28-26-,29-27-,33-32-,36-35-,39-38-. The molecule has 0 spiro atoms. The topological polar surface area (TPSA) is 111 Å². The molecule has 9 nitrogen and oxygen atoms in total. The first-order chi connectivity index (χ1) is 41.6. The Kier molecular flexibility index (Phi) is 61.9. The van der Waals surface area contributed by atoms with E-state index in [9.17, 15) is 19.5 Å². The smallest absolute Gasteiger partial charge is 0.306 e. The van der Waals surface area contributed by atoms with Crippen LogP contribution in [0.2, 0.25) is 0 Å². The number of ether oxygens (including phenoxy) is 4. The number of carboxylic acid groups (broad SMARTS) is 1. The Balaban J connectivity index is 4.15. The number of carbonyl (C=O) groups excluding carboxylic acids is 3. The number of esters is 2. The molecule has 0 rings (SSSR count). The van der Waals surface area contributed by atoms with Crippen LogP contribution in [0, 0.1) is 0 Å². The second-order valence-electron chi connectivity index (χ2n) is 23.7. The van der Waals surface area contributed by atoms with E-state index in [1.54, 1.807) is 0 Å².